The maximum Gasteiger partial charge on any atom is 0.451 e. The number of aromatic amines is 1. The third kappa shape index (κ3) is 4.04. The first kappa shape index (κ1) is 17.1. The molecule has 3 rings (SSSR count). The molecule has 1 aliphatic rings. The van der Waals surface area contributed by atoms with Crippen LogP contribution in [0.5, 0.6) is 0 Å². The van der Waals surface area contributed by atoms with Crippen molar-refractivity contribution in [3.63, 3.8) is 0 Å². The number of nitrogens with zero attached hydrogens (tertiary/aromatic N) is 2. The number of aromatic nitrogens is 3. The molecule has 1 heterocycles. The van der Waals surface area contributed by atoms with Gasteiger partial charge in [0.15, 0.2) is 5.78 Å². The summed E-state index contributed by atoms with van der Waals surface area (Å²) in [6, 6.07) is 5.53. The van der Waals surface area contributed by atoms with Crippen molar-refractivity contribution in [2.45, 2.75) is 38.3 Å². The van der Waals surface area contributed by atoms with Gasteiger partial charge in [0.25, 0.3) is 0 Å². The number of aryl methyl sites for hydroxylation is 2. The van der Waals surface area contributed by atoms with Gasteiger partial charge in [-0.3, -0.25) is 20.0 Å². The number of carbonyl (C=O) groups excluding carboxylic acids is 2. The predicted octanol–water partition coefficient (Wildman–Crippen LogP) is 2.91. The Bertz CT molecular complexity index is 814. The lowest BCUT2D eigenvalue weighted by Crippen LogP contribution is -2.15. The first-order valence-corrected chi connectivity index (χ1v) is 7.77. The van der Waals surface area contributed by atoms with Crippen LogP contribution in [0.25, 0.3) is 0 Å². The Balaban J connectivity index is 1.53. The Morgan fingerprint density at radius 2 is 1.92 bits per heavy atom. The fourth-order valence-electron chi connectivity index (χ4n) is 2.75. The van der Waals surface area contributed by atoms with Gasteiger partial charge in [-0.05, 0) is 36.5 Å². The SMILES string of the molecule is O=C(CCC(=O)c1ccc2c(c1)CCC2)Nc1n[nH]c(C(F)(F)F)n1. The molecule has 0 atom stereocenters. The summed E-state index contributed by atoms with van der Waals surface area (Å²) in [5.74, 6) is -2.57. The standard InChI is InChI=1S/C16H15F3N4O2/c17-16(18,19)14-21-15(23-22-14)20-13(25)7-6-12(24)11-5-4-9-2-1-3-10(9)8-11/h4-5,8H,1-3,6-7H2,(H2,20,21,22,23,25). The summed E-state index contributed by atoms with van der Waals surface area (Å²) in [5.41, 5.74) is 2.96. The smallest absolute Gasteiger partial charge is 0.294 e. The molecule has 2 N–H and O–H groups in total. The highest BCUT2D eigenvalue weighted by Crippen LogP contribution is 2.26. The van der Waals surface area contributed by atoms with Crippen LogP contribution in [0.15, 0.2) is 18.2 Å². The van der Waals surface area contributed by atoms with Crippen LogP contribution < -0.4 is 5.32 Å². The van der Waals surface area contributed by atoms with E-state index in [-0.39, 0.29) is 18.6 Å². The lowest BCUT2D eigenvalue weighted by molar-refractivity contribution is -0.144. The van der Waals surface area contributed by atoms with Crippen molar-refractivity contribution in [1.29, 1.82) is 0 Å². The summed E-state index contributed by atoms with van der Waals surface area (Å²) in [7, 11) is 0. The lowest BCUT2D eigenvalue weighted by Gasteiger charge is -2.04. The molecule has 132 valence electrons. The molecule has 0 bridgehead atoms. The Morgan fingerprint density at radius 3 is 2.64 bits per heavy atom. The Labute approximate surface area is 140 Å². The Hall–Kier alpha value is -2.71. The Kier molecular flexibility index (Phi) is 4.56. The van der Waals surface area contributed by atoms with Gasteiger partial charge >= 0.3 is 6.18 Å². The molecule has 0 saturated carbocycles. The van der Waals surface area contributed by atoms with Gasteiger partial charge in [0, 0.05) is 18.4 Å². The normalized spacial score (nSPS) is 13.6. The summed E-state index contributed by atoms with van der Waals surface area (Å²) >= 11 is 0. The van der Waals surface area contributed by atoms with E-state index in [1.165, 1.54) is 5.56 Å². The number of hydrogen-bond acceptors (Lipinski definition) is 4. The van der Waals surface area contributed by atoms with E-state index in [1.54, 1.807) is 11.2 Å². The molecule has 1 amide bonds. The number of amides is 1. The zero-order valence-corrected chi connectivity index (χ0v) is 13.1. The number of carbonyl (C=O) groups is 2. The van der Waals surface area contributed by atoms with E-state index >= 15 is 0 Å². The van der Waals surface area contributed by atoms with Crippen molar-refractivity contribution in [2.24, 2.45) is 0 Å². The minimum Gasteiger partial charge on any atom is -0.294 e. The van der Waals surface area contributed by atoms with E-state index in [0.29, 0.717) is 5.56 Å². The van der Waals surface area contributed by atoms with E-state index in [0.717, 1.165) is 24.8 Å². The van der Waals surface area contributed by atoms with Crippen LogP contribution in [0.1, 0.15) is 46.6 Å². The number of anilines is 1. The molecule has 1 aromatic heterocycles. The lowest BCUT2D eigenvalue weighted by atomic mass is 10.0. The van der Waals surface area contributed by atoms with Gasteiger partial charge in [0.2, 0.25) is 17.7 Å². The number of rotatable bonds is 5. The van der Waals surface area contributed by atoms with Crippen LogP contribution in [-0.4, -0.2) is 26.9 Å². The summed E-state index contributed by atoms with van der Waals surface area (Å²) in [6.07, 6.45) is -1.83. The van der Waals surface area contributed by atoms with Crippen LogP contribution in [0.3, 0.4) is 0 Å². The van der Waals surface area contributed by atoms with E-state index in [9.17, 15) is 22.8 Å². The number of nitrogens with one attached hydrogen (secondary N) is 2. The Morgan fingerprint density at radius 1 is 1.16 bits per heavy atom. The number of halogens is 3. The van der Waals surface area contributed by atoms with Crippen LogP contribution in [0.2, 0.25) is 0 Å². The van der Waals surface area contributed by atoms with E-state index in [1.807, 2.05) is 12.1 Å². The van der Waals surface area contributed by atoms with E-state index in [2.05, 4.69) is 15.4 Å². The fourth-order valence-corrected chi connectivity index (χ4v) is 2.75. The van der Waals surface area contributed by atoms with Gasteiger partial charge in [-0.2, -0.15) is 18.2 Å². The van der Waals surface area contributed by atoms with Gasteiger partial charge in [-0.25, -0.2) is 0 Å². The average molecular weight is 352 g/mol. The minimum absolute atomic E-state index is 0.0405. The molecule has 9 heteroatoms. The van der Waals surface area contributed by atoms with Gasteiger partial charge < -0.3 is 0 Å². The monoisotopic (exact) mass is 352 g/mol. The van der Waals surface area contributed by atoms with Gasteiger partial charge in [-0.1, -0.05) is 12.1 Å². The van der Waals surface area contributed by atoms with Crippen LogP contribution in [-0.2, 0) is 23.8 Å². The molecule has 0 saturated heterocycles. The topological polar surface area (TPSA) is 87.7 Å². The zero-order chi connectivity index (χ0) is 18.0. The van der Waals surface area contributed by atoms with Crippen LogP contribution >= 0.6 is 0 Å². The second-order valence-corrected chi connectivity index (χ2v) is 5.81. The molecule has 1 aromatic carbocycles. The minimum atomic E-state index is -4.67. The maximum absolute atomic E-state index is 12.4. The van der Waals surface area contributed by atoms with E-state index < -0.39 is 23.9 Å². The first-order chi connectivity index (χ1) is 11.8. The molecule has 0 aliphatic heterocycles. The highest BCUT2D eigenvalue weighted by atomic mass is 19.4. The van der Waals surface area contributed by atoms with Crippen molar-refractivity contribution in [2.75, 3.05) is 5.32 Å². The third-order valence-electron chi connectivity index (χ3n) is 4.00. The maximum atomic E-state index is 12.4. The number of benzene rings is 1. The van der Waals surface area contributed by atoms with Gasteiger partial charge in [-0.15, -0.1) is 5.10 Å². The molecule has 0 radical (unpaired) electrons. The molecule has 0 spiro atoms. The summed E-state index contributed by atoms with van der Waals surface area (Å²) < 4.78 is 37.2. The summed E-state index contributed by atoms with van der Waals surface area (Å²) in [6.45, 7) is 0. The van der Waals surface area contributed by atoms with Crippen molar-refractivity contribution in [3.8, 4) is 0 Å². The number of alkyl halides is 3. The molecule has 6 nitrogen and oxygen atoms in total. The number of ketones is 1. The summed E-state index contributed by atoms with van der Waals surface area (Å²) in [4.78, 5) is 27.1. The quantitative estimate of drug-likeness (QED) is 0.810. The second-order valence-electron chi connectivity index (χ2n) is 5.81. The average Bonchev–Trinajstić information content (AvgIpc) is 3.20. The summed E-state index contributed by atoms with van der Waals surface area (Å²) in [5, 5.41) is 7.11. The van der Waals surface area contributed by atoms with Gasteiger partial charge in [0.05, 0.1) is 0 Å². The number of Topliss-reactive ketones (excluding diaryl/α,β-unsaturated/α-hetero) is 1. The second kappa shape index (κ2) is 6.66. The molecule has 0 fully saturated rings. The van der Waals surface area contributed by atoms with Crippen LogP contribution in [0.4, 0.5) is 19.1 Å². The molecular weight excluding hydrogens is 337 g/mol. The number of hydrogen-bond donors (Lipinski definition) is 2. The number of fused-ring (bicyclic) bond motifs is 1. The molecule has 2 aromatic rings. The third-order valence-corrected chi connectivity index (χ3v) is 4.00. The molecule has 0 unspecified atom stereocenters. The highest BCUT2D eigenvalue weighted by Gasteiger charge is 2.35. The zero-order valence-electron chi connectivity index (χ0n) is 13.1. The van der Waals surface area contributed by atoms with Crippen molar-refractivity contribution in [1.82, 2.24) is 15.2 Å². The molecule has 1 aliphatic carbocycles. The highest BCUT2D eigenvalue weighted by molar-refractivity contribution is 5.99. The van der Waals surface area contributed by atoms with Crippen molar-refractivity contribution in [3.05, 3.63) is 40.7 Å². The van der Waals surface area contributed by atoms with E-state index in [4.69, 9.17) is 0 Å². The number of H-pyrrole nitrogens is 1. The largest absolute Gasteiger partial charge is 0.451 e. The van der Waals surface area contributed by atoms with Crippen molar-refractivity contribution < 1.29 is 22.8 Å². The predicted molar refractivity (Wildman–Crippen MR) is 82.0 cm³/mol. The fraction of sp³-hybridized carbons (Fsp3) is 0.375. The first-order valence-electron chi connectivity index (χ1n) is 7.77. The molecule has 25 heavy (non-hydrogen) atoms. The molecular formula is C16H15F3N4O2. The van der Waals surface area contributed by atoms with Crippen molar-refractivity contribution >= 4 is 17.6 Å². The van der Waals surface area contributed by atoms with Crippen LogP contribution in [0, 0.1) is 0 Å². The van der Waals surface area contributed by atoms with Gasteiger partial charge in [0.1, 0.15) is 0 Å².